The Balaban J connectivity index is 1.96. The first-order valence-electron chi connectivity index (χ1n) is 6.80. The molecule has 0 radical (unpaired) electrons. The average Bonchev–Trinajstić information content (AvgIpc) is 2.39. The smallest absolute Gasteiger partial charge is 0.228 e. The van der Waals surface area contributed by atoms with Crippen molar-refractivity contribution in [1.29, 1.82) is 0 Å². The summed E-state index contributed by atoms with van der Waals surface area (Å²) in [6.45, 7) is 5.11. The van der Waals surface area contributed by atoms with E-state index in [1.54, 1.807) is 0 Å². The number of likely N-dealkylation sites (tertiary alicyclic amines) is 1. The van der Waals surface area contributed by atoms with Crippen molar-refractivity contribution in [2.45, 2.75) is 38.6 Å². The first kappa shape index (κ1) is 12.8. The second-order valence-electron chi connectivity index (χ2n) is 5.46. The average molecular weight is 240 g/mol. The van der Waals surface area contributed by atoms with E-state index < -0.39 is 0 Å². The molecule has 2 N–H and O–H groups in total. The fourth-order valence-electron chi connectivity index (χ4n) is 2.94. The van der Waals surface area contributed by atoms with E-state index in [0.717, 1.165) is 38.8 Å². The van der Waals surface area contributed by atoms with Crippen LogP contribution < -0.4 is 5.73 Å². The molecule has 98 valence electrons. The lowest BCUT2D eigenvalue weighted by Crippen LogP contribution is -2.52. The third-order valence-corrected chi connectivity index (χ3v) is 4.04. The Bertz CT molecular complexity index is 264. The van der Waals surface area contributed by atoms with Gasteiger partial charge in [0.1, 0.15) is 0 Å². The second-order valence-corrected chi connectivity index (χ2v) is 5.46. The van der Waals surface area contributed by atoms with E-state index in [0.29, 0.717) is 19.1 Å². The first-order valence-corrected chi connectivity index (χ1v) is 6.80. The number of amides is 1. The van der Waals surface area contributed by atoms with Crippen molar-refractivity contribution in [2.75, 3.05) is 26.3 Å². The maximum Gasteiger partial charge on any atom is 0.228 e. The number of hydrogen-bond donors (Lipinski definition) is 1. The van der Waals surface area contributed by atoms with Crippen molar-refractivity contribution in [3.63, 3.8) is 0 Å². The van der Waals surface area contributed by atoms with E-state index in [1.165, 1.54) is 0 Å². The van der Waals surface area contributed by atoms with Crippen LogP contribution in [0.3, 0.4) is 0 Å². The quantitative estimate of drug-likeness (QED) is 0.783. The predicted molar refractivity (Wildman–Crippen MR) is 66.5 cm³/mol. The van der Waals surface area contributed by atoms with Gasteiger partial charge in [0.05, 0.1) is 12.5 Å². The summed E-state index contributed by atoms with van der Waals surface area (Å²) in [5.74, 6) is 1.04. The number of carbonyl (C=O) groups is 1. The fourth-order valence-corrected chi connectivity index (χ4v) is 2.94. The van der Waals surface area contributed by atoms with Crippen LogP contribution in [0.4, 0.5) is 0 Å². The van der Waals surface area contributed by atoms with Crippen LogP contribution in [0, 0.1) is 11.8 Å². The van der Waals surface area contributed by atoms with Gasteiger partial charge >= 0.3 is 0 Å². The van der Waals surface area contributed by atoms with Crippen LogP contribution >= 0.6 is 0 Å². The molecule has 17 heavy (non-hydrogen) atoms. The van der Waals surface area contributed by atoms with Gasteiger partial charge in [0.2, 0.25) is 5.91 Å². The Labute approximate surface area is 103 Å². The number of piperidine rings is 1. The molecule has 0 saturated carbocycles. The van der Waals surface area contributed by atoms with Gasteiger partial charge in [-0.3, -0.25) is 4.79 Å². The number of carbonyl (C=O) groups excluding carboxylic acids is 1. The minimum atomic E-state index is 0.0752. The molecule has 4 nitrogen and oxygen atoms in total. The molecule has 3 unspecified atom stereocenters. The Morgan fingerprint density at radius 3 is 2.94 bits per heavy atom. The van der Waals surface area contributed by atoms with E-state index in [4.69, 9.17) is 10.5 Å². The van der Waals surface area contributed by atoms with Gasteiger partial charge < -0.3 is 15.4 Å². The van der Waals surface area contributed by atoms with Crippen molar-refractivity contribution in [3.05, 3.63) is 0 Å². The van der Waals surface area contributed by atoms with Gasteiger partial charge in [-0.15, -0.1) is 0 Å². The van der Waals surface area contributed by atoms with Crippen molar-refractivity contribution >= 4 is 5.91 Å². The lowest BCUT2D eigenvalue weighted by molar-refractivity contribution is -0.143. The van der Waals surface area contributed by atoms with Crippen LogP contribution in [-0.2, 0) is 9.53 Å². The Hall–Kier alpha value is -0.610. The third-order valence-electron chi connectivity index (χ3n) is 4.04. The SMILES string of the molecule is CC1CCN(C(=O)C2CCCOC2)C(CN)C1. The zero-order valence-electron chi connectivity index (χ0n) is 10.7. The van der Waals surface area contributed by atoms with Gasteiger partial charge in [0.15, 0.2) is 0 Å². The molecule has 0 spiro atoms. The molecule has 1 amide bonds. The molecule has 2 fully saturated rings. The van der Waals surface area contributed by atoms with Gasteiger partial charge in [-0.1, -0.05) is 6.92 Å². The second kappa shape index (κ2) is 5.83. The lowest BCUT2D eigenvalue weighted by Gasteiger charge is -2.40. The monoisotopic (exact) mass is 240 g/mol. The largest absolute Gasteiger partial charge is 0.381 e. The van der Waals surface area contributed by atoms with Gasteiger partial charge in [0.25, 0.3) is 0 Å². The molecule has 3 atom stereocenters. The minimum absolute atomic E-state index is 0.0752. The Kier molecular flexibility index (Phi) is 4.40. The minimum Gasteiger partial charge on any atom is -0.381 e. The van der Waals surface area contributed by atoms with E-state index in [2.05, 4.69) is 6.92 Å². The molecule has 2 rings (SSSR count). The highest BCUT2D eigenvalue weighted by Gasteiger charge is 2.33. The van der Waals surface area contributed by atoms with E-state index in [9.17, 15) is 4.79 Å². The maximum absolute atomic E-state index is 12.4. The zero-order valence-corrected chi connectivity index (χ0v) is 10.7. The topological polar surface area (TPSA) is 55.6 Å². The molecule has 2 aliphatic rings. The zero-order chi connectivity index (χ0) is 12.3. The van der Waals surface area contributed by atoms with Crippen molar-refractivity contribution in [2.24, 2.45) is 17.6 Å². The summed E-state index contributed by atoms with van der Waals surface area (Å²) in [7, 11) is 0. The highest BCUT2D eigenvalue weighted by atomic mass is 16.5. The molecule has 2 heterocycles. The highest BCUT2D eigenvalue weighted by Crippen LogP contribution is 2.25. The standard InChI is InChI=1S/C13H24N2O2/c1-10-4-5-15(12(7-10)8-14)13(16)11-3-2-6-17-9-11/h10-12H,2-9,14H2,1H3. The van der Waals surface area contributed by atoms with Gasteiger partial charge in [-0.05, 0) is 31.6 Å². The summed E-state index contributed by atoms with van der Waals surface area (Å²) in [6, 6.07) is 0.244. The van der Waals surface area contributed by atoms with Crippen LogP contribution in [0.25, 0.3) is 0 Å². The van der Waals surface area contributed by atoms with Crippen molar-refractivity contribution in [3.8, 4) is 0 Å². The summed E-state index contributed by atoms with van der Waals surface area (Å²) >= 11 is 0. The maximum atomic E-state index is 12.4. The van der Waals surface area contributed by atoms with Crippen LogP contribution in [0.1, 0.15) is 32.6 Å². The molecule has 4 heteroatoms. The summed E-state index contributed by atoms with van der Waals surface area (Å²) in [6.07, 6.45) is 4.14. The number of nitrogens with zero attached hydrogens (tertiary/aromatic N) is 1. The van der Waals surface area contributed by atoms with Gasteiger partial charge in [0, 0.05) is 25.7 Å². The Morgan fingerprint density at radius 1 is 1.47 bits per heavy atom. The van der Waals surface area contributed by atoms with E-state index in [-0.39, 0.29) is 17.9 Å². The summed E-state index contributed by atoms with van der Waals surface area (Å²) in [5.41, 5.74) is 5.80. The Morgan fingerprint density at radius 2 is 2.29 bits per heavy atom. The summed E-state index contributed by atoms with van der Waals surface area (Å²) in [4.78, 5) is 14.4. The summed E-state index contributed by atoms with van der Waals surface area (Å²) < 4.78 is 5.41. The molecule has 0 aromatic rings. The van der Waals surface area contributed by atoms with E-state index in [1.807, 2.05) is 4.90 Å². The van der Waals surface area contributed by atoms with E-state index >= 15 is 0 Å². The highest BCUT2D eigenvalue weighted by molar-refractivity contribution is 5.79. The molecular formula is C13H24N2O2. The fraction of sp³-hybridized carbons (Fsp3) is 0.923. The van der Waals surface area contributed by atoms with Gasteiger partial charge in [-0.25, -0.2) is 0 Å². The van der Waals surface area contributed by atoms with Gasteiger partial charge in [-0.2, -0.15) is 0 Å². The molecule has 0 bridgehead atoms. The first-order chi connectivity index (χ1) is 8.22. The van der Waals surface area contributed by atoms with Crippen LogP contribution in [0.15, 0.2) is 0 Å². The molecule has 2 saturated heterocycles. The number of ether oxygens (including phenoxy) is 1. The summed E-state index contributed by atoms with van der Waals surface area (Å²) in [5, 5.41) is 0. The van der Waals surface area contributed by atoms with Crippen LogP contribution in [0.5, 0.6) is 0 Å². The van der Waals surface area contributed by atoms with Crippen molar-refractivity contribution < 1.29 is 9.53 Å². The molecule has 0 aromatic carbocycles. The number of rotatable bonds is 2. The number of nitrogens with two attached hydrogens (primary N) is 1. The number of hydrogen-bond acceptors (Lipinski definition) is 3. The van der Waals surface area contributed by atoms with Crippen molar-refractivity contribution in [1.82, 2.24) is 4.90 Å². The normalized spacial score (nSPS) is 34.7. The molecular weight excluding hydrogens is 216 g/mol. The van der Waals surface area contributed by atoms with Crippen LogP contribution in [0.2, 0.25) is 0 Å². The lowest BCUT2D eigenvalue weighted by atomic mass is 9.90. The molecule has 0 aromatic heterocycles. The third kappa shape index (κ3) is 2.99. The molecule has 0 aliphatic carbocycles. The predicted octanol–water partition coefficient (Wildman–Crippen LogP) is 0.999. The molecule has 2 aliphatic heterocycles. The van der Waals surface area contributed by atoms with Crippen LogP contribution in [-0.4, -0.2) is 43.2 Å².